The van der Waals surface area contributed by atoms with Gasteiger partial charge in [-0.3, -0.25) is 0 Å². The van der Waals surface area contributed by atoms with Crippen LogP contribution in [0.25, 0.3) is 0 Å². The summed E-state index contributed by atoms with van der Waals surface area (Å²) < 4.78 is 4.83. The van der Waals surface area contributed by atoms with Crippen LogP contribution < -0.4 is 0 Å². The summed E-state index contributed by atoms with van der Waals surface area (Å²) >= 11 is 0. The van der Waals surface area contributed by atoms with Crippen LogP contribution in [0.3, 0.4) is 0 Å². The maximum atomic E-state index is 9.89. The van der Waals surface area contributed by atoms with Crippen molar-refractivity contribution in [2.24, 2.45) is 11.8 Å². The molecule has 11 heavy (non-hydrogen) atoms. The van der Waals surface area contributed by atoms with Gasteiger partial charge in [0.2, 0.25) is 0 Å². The summed E-state index contributed by atoms with van der Waals surface area (Å²) in [6, 6.07) is 0. The van der Waals surface area contributed by atoms with Gasteiger partial charge in [-0.15, -0.1) is 0 Å². The summed E-state index contributed by atoms with van der Waals surface area (Å²) in [4.78, 5) is 9.89. The molecule has 2 rings (SSSR count). The predicted octanol–water partition coefficient (Wildman–Crippen LogP) is 1.26. The third-order valence-corrected chi connectivity index (χ3v) is 2.87. The first-order valence-electron chi connectivity index (χ1n) is 3.93. The minimum atomic E-state index is 0. The molecule has 0 heterocycles. The van der Waals surface area contributed by atoms with Gasteiger partial charge >= 0.3 is 0 Å². The Morgan fingerprint density at radius 3 is 2.55 bits per heavy atom. The summed E-state index contributed by atoms with van der Waals surface area (Å²) in [5.74, 6) is 1.52. The smallest absolute Gasteiger partial charge is 0.0628 e. The molecule has 3 heteroatoms. The second-order valence-electron chi connectivity index (χ2n) is 3.41. The standard InChI is InChI=1S/C8H11O2.Rf/c9-5-10-8-4-6-1-2-7(8)3-6;/h6-8H,1-4H2;/q-1;. The molecule has 0 aromatic rings. The molecule has 0 aromatic heterocycles. The molecule has 0 aromatic carbocycles. The van der Waals surface area contributed by atoms with E-state index in [2.05, 4.69) is 0 Å². The first kappa shape index (κ1) is 7.58. The number of rotatable bonds is 2. The van der Waals surface area contributed by atoms with E-state index in [9.17, 15) is 4.79 Å². The van der Waals surface area contributed by atoms with Gasteiger partial charge in [-0.2, -0.15) is 0 Å². The Balaban J connectivity index is 0.000000605. The molecule has 2 nitrogen and oxygen atoms in total. The van der Waals surface area contributed by atoms with Crippen LogP contribution in [0.2, 0.25) is 0 Å². The Morgan fingerprint density at radius 1 is 1.27 bits per heavy atom. The summed E-state index contributed by atoms with van der Waals surface area (Å²) in [5.41, 5.74) is 0. The van der Waals surface area contributed by atoms with Crippen LogP contribution in [-0.2, 0) is 9.53 Å². The fourth-order valence-corrected chi connectivity index (χ4v) is 2.39. The second kappa shape index (κ2) is 2.60. The number of fused-ring (bicyclic) bond motifs is 2. The number of ether oxygens (including phenoxy) is 1. The minimum absolute atomic E-state index is 0. The number of carbonyl (C=O) groups excluding carboxylic acids is 1. The molecule has 0 saturated heterocycles. The van der Waals surface area contributed by atoms with Crippen LogP contribution in [0.5, 0.6) is 0 Å². The Kier molecular flexibility index (Phi) is 1.79. The van der Waals surface area contributed by atoms with Crippen LogP contribution in [0.15, 0.2) is 0 Å². The second-order valence-corrected chi connectivity index (χ2v) is 3.41. The van der Waals surface area contributed by atoms with E-state index in [4.69, 9.17) is 4.74 Å². The van der Waals surface area contributed by atoms with Gasteiger partial charge in [0.05, 0.1) is 6.10 Å². The molecule has 58 valence electrons. The van der Waals surface area contributed by atoms with E-state index in [0.29, 0.717) is 5.92 Å². The van der Waals surface area contributed by atoms with E-state index in [-0.39, 0.29) is 6.10 Å². The fraction of sp³-hybridized carbons (Fsp3) is 0.875. The maximum absolute atomic E-state index is 9.89. The van der Waals surface area contributed by atoms with Crippen molar-refractivity contribution in [2.75, 3.05) is 0 Å². The van der Waals surface area contributed by atoms with Crippen LogP contribution in [0.1, 0.15) is 25.7 Å². The summed E-state index contributed by atoms with van der Waals surface area (Å²) in [6.45, 7) is 1.54. The summed E-state index contributed by atoms with van der Waals surface area (Å²) in [5, 5.41) is 0. The molecular weight excluding hydrogens is 395 g/mol. The molecule has 3 unspecified atom stereocenters. The van der Waals surface area contributed by atoms with Crippen molar-refractivity contribution in [3.05, 3.63) is 0 Å². The van der Waals surface area contributed by atoms with E-state index in [1.165, 1.54) is 19.3 Å². The molecule has 3 atom stereocenters. The zero-order chi connectivity index (χ0) is 6.97. The summed E-state index contributed by atoms with van der Waals surface area (Å²) in [7, 11) is 0. The maximum Gasteiger partial charge on any atom is 0.0628 e. The summed E-state index contributed by atoms with van der Waals surface area (Å²) in [6.07, 6.45) is 5.21. The van der Waals surface area contributed by atoms with Crippen molar-refractivity contribution >= 4 is 6.47 Å². The van der Waals surface area contributed by atoms with Crippen molar-refractivity contribution < 1.29 is 9.53 Å². The van der Waals surface area contributed by atoms with Gasteiger partial charge in [-0.1, -0.05) is 6.47 Å². The SMILES string of the molecule is O=[C-]OC1CC2CCC1C2.[Rf]. The third-order valence-electron chi connectivity index (χ3n) is 2.87. The minimum Gasteiger partial charge on any atom is -0.650 e. The van der Waals surface area contributed by atoms with Gasteiger partial charge in [0.25, 0.3) is 0 Å². The van der Waals surface area contributed by atoms with E-state index >= 15 is 0 Å². The zero-order valence-corrected chi connectivity index (χ0v) is 13.0. The largest absolute Gasteiger partial charge is 0.650 e. The number of hydrogen-bond donors (Lipinski definition) is 0. The fourth-order valence-electron chi connectivity index (χ4n) is 2.39. The monoisotopic (exact) mass is 406 g/mol. The van der Waals surface area contributed by atoms with Gasteiger partial charge in [0.15, 0.2) is 0 Å². The normalized spacial score (nSPS) is 39.8. The molecular formula is C8H11O2Rf-. The van der Waals surface area contributed by atoms with Crippen molar-refractivity contribution in [2.45, 2.75) is 31.8 Å². The van der Waals surface area contributed by atoms with Gasteiger partial charge < -0.3 is 9.53 Å². The van der Waals surface area contributed by atoms with E-state index in [1.807, 2.05) is 0 Å². The average Bonchev–Trinajstić information content (AvgIpc) is 2.48. The third kappa shape index (κ3) is 1.04. The van der Waals surface area contributed by atoms with Gasteiger partial charge in [-0.25, -0.2) is 0 Å². The first-order chi connectivity index (χ1) is 4.90. The molecule has 0 aliphatic heterocycles. The molecule has 2 bridgehead atoms. The molecule has 2 aliphatic carbocycles. The molecule has 0 N–H and O–H groups in total. The van der Waals surface area contributed by atoms with E-state index < -0.39 is 0 Å². The Morgan fingerprint density at radius 2 is 2.09 bits per heavy atom. The molecule has 2 saturated carbocycles. The Hall–Kier alpha value is -1.53. The van der Waals surface area contributed by atoms with Crippen molar-refractivity contribution in [3.63, 3.8) is 0 Å². The average molecular weight is 406 g/mol. The van der Waals surface area contributed by atoms with Crippen LogP contribution >= 0.6 is 0 Å². The van der Waals surface area contributed by atoms with Crippen molar-refractivity contribution in [3.8, 4) is 0 Å². The molecule has 0 spiro atoms. The quantitative estimate of drug-likeness (QED) is 0.646. The molecule has 0 radical (unpaired) electrons. The van der Waals surface area contributed by atoms with Gasteiger partial charge in [0, 0.05) is 0 Å². The van der Waals surface area contributed by atoms with E-state index in [0.717, 1.165) is 12.3 Å². The van der Waals surface area contributed by atoms with Crippen molar-refractivity contribution in [1.29, 1.82) is 0 Å². The van der Waals surface area contributed by atoms with Gasteiger partial charge in [0.1, 0.15) is 0 Å². The first-order valence-corrected chi connectivity index (χ1v) is 3.93. The number of hydrogen-bond acceptors (Lipinski definition) is 2. The zero-order valence-electron chi connectivity index (χ0n) is 6.58. The Bertz CT molecular complexity index is 149. The van der Waals surface area contributed by atoms with E-state index in [1.54, 1.807) is 6.47 Å². The molecule has 0 amide bonds. The van der Waals surface area contributed by atoms with Crippen LogP contribution in [-0.4, -0.2) is 12.6 Å². The molecule has 2 fully saturated rings. The predicted molar refractivity (Wildman–Crippen MR) is 36.0 cm³/mol. The topological polar surface area (TPSA) is 26.3 Å². The molecule has 2 aliphatic rings. The van der Waals surface area contributed by atoms with Gasteiger partial charge in [-0.05, 0) is 37.5 Å². The van der Waals surface area contributed by atoms with Crippen LogP contribution in [0, 0.1) is 11.8 Å². The Labute approximate surface area is 60.6 Å². The van der Waals surface area contributed by atoms with Crippen LogP contribution in [0.4, 0.5) is 0 Å². The van der Waals surface area contributed by atoms with Crippen molar-refractivity contribution in [1.82, 2.24) is 0 Å².